The van der Waals surface area contributed by atoms with Gasteiger partial charge in [-0.05, 0) is 51.8 Å². The number of hydrogen-bond acceptors (Lipinski definition) is 4. The summed E-state index contributed by atoms with van der Waals surface area (Å²) in [6.45, 7) is -0.211. The number of sulfonamides is 1. The van der Waals surface area contributed by atoms with Gasteiger partial charge in [-0.1, -0.05) is 12.1 Å². The van der Waals surface area contributed by atoms with Crippen LogP contribution in [0, 0.1) is 0 Å². The van der Waals surface area contributed by atoms with E-state index in [1.807, 2.05) is 0 Å². The second kappa shape index (κ2) is 6.46. The van der Waals surface area contributed by atoms with Crippen molar-refractivity contribution in [2.75, 3.05) is 11.8 Å². The molecule has 0 bridgehead atoms. The number of rotatable bonds is 5. The van der Waals surface area contributed by atoms with Crippen LogP contribution in [-0.2, 0) is 16.6 Å². The van der Waals surface area contributed by atoms with E-state index in [9.17, 15) is 8.42 Å². The number of aliphatic hydroxyl groups excluding tert-OH is 1. The Morgan fingerprint density at radius 3 is 2.62 bits per heavy atom. The molecule has 112 valence electrons. The smallest absolute Gasteiger partial charge is 0.261 e. The molecule has 0 aromatic heterocycles. The Kier molecular flexibility index (Phi) is 4.87. The third-order valence-electron chi connectivity index (χ3n) is 2.80. The lowest BCUT2D eigenvalue weighted by Gasteiger charge is -2.10. The number of benzene rings is 2. The molecule has 0 aliphatic heterocycles. The molecule has 0 radical (unpaired) electrons. The summed E-state index contributed by atoms with van der Waals surface area (Å²) in [5, 5.41) is 9.08. The highest BCUT2D eigenvalue weighted by Gasteiger charge is 2.15. The molecule has 2 aromatic rings. The largest absolute Gasteiger partial charge is 0.496 e. The maximum absolute atomic E-state index is 12.3. The van der Waals surface area contributed by atoms with E-state index in [2.05, 4.69) is 20.7 Å². The molecule has 0 aliphatic rings. The quantitative estimate of drug-likeness (QED) is 0.846. The molecule has 0 atom stereocenters. The molecule has 2 rings (SSSR count). The Hall–Kier alpha value is -1.57. The first kappa shape index (κ1) is 15.8. The van der Waals surface area contributed by atoms with Gasteiger partial charge in [0.25, 0.3) is 10.0 Å². The van der Waals surface area contributed by atoms with Gasteiger partial charge in [0.15, 0.2) is 0 Å². The Balaban J connectivity index is 2.30. The van der Waals surface area contributed by atoms with Crippen LogP contribution in [0.1, 0.15) is 5.56 Å². The molecule has 0 heterocycles. The Labute approximate surface area is 131 Å². The van der Waals surface area contributed by atoms with E-state index in [0.29, 0.717) is 21.5 Å². The first-order valence-electron chi connectivity index (χ1n) is 6.02. The molecule has 2 N–H and O–H groups in total. The van der Waals surface area contributed by atoms with Crippen molar-refractivity contribution in [3.8, 4) is 5.75 Å². The lowest BCUT2D eigenvalue weighted by molar-refractivity contribution is 0.281. The number of aliphatic hydroxyl groups is 1. The van der Waals surface area contributed by atoms with Crippen LogP contribution < -0.4 is 9.46 Å². The fourth-order valence-corrected chi connectivity index (χ4v) is 3.41. The summed E-state index contributed by atoms with van der Waals surface area (Å²) < 4.78 is 32.8. The fraction of sp³-hybridized carbons (Fsp3) is 0.143. The highest BCUT2D eigenvalue weighted by molar-refractivity contribution is 9.10. The zero-order valence-corrected chi connectivity index (χ0v) is 13.6. The SMILES string of the molecule is COc1ccc(NS(=O)(=O)c2cccc(CO)c2)cc1Br. The molecule has 0 amide bonds. The van der Waals surface area contributed by atoms with Gasteiger partial charge in [-0.25, -0.2) is 8.42 Å². The van der Waals surface area contributed by atoms with E-state index < -0.39 is 10.0 Å². The summed E-state index contributed by atoms with van der Waals surface area (Å²) in [4.78, 5) is 0.0981. The van der Waals surface area contributed by atoms with Gasteiger partial charge in [0.2, 0.25) is 0 Å². The molecule has 0 saturated heterocycles. The summed E-state index contributed by atoms with van der Waals surface area (Å²) in [6.07, 6.45) is 0. The van der Waals surface area contributed by atoms with E-state index in [1.165, 1.54) is 19.2 Å². The summed E-state index contributed by atoms with van der Waals surface area (Å²) in [5.74, 6) is 0.611. The van der Waals surface area contributed by atoms with Crippen LogP contribution in [0.4, 0.5) is 5.69 Å². The summed E-state index contributed by atoms with van der Waals surface area (Å²) >= 11 is 3.30. The van der Waals surface area contributed by atoms with Crippen molar-refractivity contribution in [3.05, 3.63) is 52.5 Å². The molecule has 0 spiro atoms. The standard InChI is InChI=1S/C14H14BrNO4S/c1-20-14-6-5-11(8-13(14)15)16-21(18,19)12-4-2-3-10(7-12)9-17/h2-8,16-17H,9H2,1H3. The molecular formula is C14H14BrNO4S. The molecule has 21 heavy (non-hydrogen) atoms. The fourth-order valence-electron chi connectivity index (χ4n) is 1.75. The highest BCUT2D eigenvalue weighted by Crippen LogP contribution is 2.28. The van der Waals surface area contributed by atoms with Crippen molar-refractivity contribution >= 4 is 31.6 Å². The van der Waals surface area contributed by atoms with Crippen LogP contribution >= 0.6 is 15.9 Å². The Morgan fingerprint density at radius 1 is 1.24 bits per heavy atom. The van der Waals surface area contributed by atoms with E-state index in [1.54, 1.807) is 30.3 Å². The van der Waals surface area contributed by atoms with Gasteiger partial charge in [-0.3, -0.25) is 4.72 Å². The maximum Gasteiger partial charge on any atom is 0.261 e. The minimum absolute atomic E-state index is 0.0981. The molecule has 0 saturated carbocycles. The highest BCUT2D eigenvalue weighted by atomic mass is 79.9. The van der Waals surface area contributed by atoms with E-state index in [0.717, 1.165) is 0 Å². The van der Waals surface area contributed by atoms with Crippen LogP contribution in [0.15, 0.2) is 51.8 Å². The third-order valence-corrected chi connectivity index (χ3v) is 4.79. The number of halogens is 1. The van der Waals surface area contributed by atoms with Crippen LogP contribution in [0.3, 0.4) is 0 Å². The van der Waals surface area contributed by atoms with E-state index in [4.69, 9.17) is 9.84 Å². The molecule has 2 aromatic carbocycles. The van der Waals surface area contributed by atoms with Gasteiger partial charge in [0.1, 0.15) is 5.75 Å². The van der Waals surface area contributed by atoms with Gasteiger partial charge >= 0.3 is 0 Å². The predicted molar refractivity (Wildman–Crippen MR) is 83.9 cm³/mol. The van der Waals surface area contributed by atoms with E-state index in [-0.39, 0.29) is 11.5 Å². The lowest BCUT2D eigenvalue weighted by Crippen LogP contribution is -2.13. The minimum Gasteiger partial charge on any atom is -0.496 e. The van der Waals surface area contributed by atoms with Gasteiger partial charge in [-0.15, -0.1) is 0 Å². The maximum atomic E-state index is 12.3. The van der Waals surface area contributed by atoms with Crippen molar-refractivity contribution in [1.82, 2.24) is 0 Å². The van der Waals surface area contributed by atoms with Crippen molar-refractivity contribution in [1.29, 1.82) is 0 Å². The van der Waals surface area contributed by atoms with Gasteiger partial charge in [-0.2, -0.15) is 0 Å². The number of methoxy groups -OCH3 is 1. The monoisotopic (exact) mass is 371 g/mol. The van der Waals surface area contributed by atoms with Crippen LogP contribution in [0.2, 0.25) is 0 Å². The number of ether oxygens (including phenoxy) is 1. The van der Waals surface area contributed by atoms with Crippen LogP contribution in [0.25, 0.3) is 0 Å². The zero-order chi connectivity index (χ0) is 15.5. The zero-order valence-electron chi connectivity index (χ0n) is 11.2. The summed E-state index contributed by atoms with van der Waals surface area (Å²) in [7, 11) is -2.17. The second-order valence-electron chi connectivity index (χ2n) is 4.26. The molecule has 7 heteroatoms. The van der Waals surface area contributed by atoms with E-state index >= 15 is 0 Å². The lowest BCUT2D eigenvalue weighted by atomic mass is 10.2. The Morgan fingerprint density at radius 2 is 2.00 bits per heavy atom. The number of nitrogens with one attached hydrogen (secondary N) is 1. The molecule has 0 aliphatic carbocycles. The van der Waals surface area contributed by atoms with Gasteiger partial charge < -0.3 is 9.84 Å². The van der Waals surface area contributed by atoms with Gasteiger partial charge in [0.05, 0.1) is 28.8 Å². The van der Waals surface area contributed by atoms with Crippen LogP contribution in [-0.4, -0.2) is 20.6 Å². The number of anilines is 1. The minimum atomic E-state index is -3.71. The van der Waals surface area contributed by atoms with Gasteiger partial charge in [0, 0.05) is 0 Å². The van der Waals surface area contributed by atoms with Crippen LogP contribution in [0.5, 0.6) is 5.75 Å². The normalized spacial score (nSPS) is 11.2. The first-order chi connectivity index (χ1) is 9.96. The average molecular weight is 372 g/mol. The topological polar surface area (TPSA) is 75.6 Å². The average Bonchev–Trinajstić information content (AvgIpc) is 2.47. The molecule has 5 nitrogen and oxygen atoms in total. The van der Waals surface area contributed by atoms with Crippen molar-refractivity contribution < 1.29 is 18.3 Å². The second-order valence-corrected chi connectivity index (χ2v) is 6.80. The summed E-state index contributed by atoms with van der Waals surface area (Å²) in [6, 6.07) is 11.0. The molecule has 0 fully saturated rings. The third kappa shape index (κ3) is 3.75. The predicted octanol–water partition coefficient (Wildman–Crippen LogP) is 2.75. The van der Waals surface area contributed by atoms with Crippen molar-refractivity contribution in [2.45, 2.75) is 11.5 Å². The summed E-state index contributed by atoms with van der Waals surface area (Å²) in [5.41, 5.74) is 0.950. The van der Waals surface area contributed by atoms with Crippen molar-refractivity contribution in [3.63, 3.8) is 0 Å². The number of hydrogen-bond donors (Lipinski definition) is 2. The van der Waals surface area contributed by atoms with Crippen molar-refractivity contribution in [2.24, 2.45) is 0 Å². The Bertz CT molecular complexity index is 746. The first-order valence-corrected chi connectivity index (χ1v) is 8.30. The molecule has 0 unspecified atom stereocenters. The molecular weight excluding hydrogens is 358 g/mol.